The third kappa shape index (κ3) is 1.95. The molecule has 0 saturated heterocycles. The van der Waals surface area contributed by atoms with Crippen LogP contribution < -0.4 is 11.5 Å². The van der Waals surface area contributed by atoms with E-state index >= 15 is 0 Å². The summed E-state index contributed by atoms with van der Waals surface area (Å²) in [6, 6.07) is 0.0858. The summed E-state index contributed by atoms with van der Waals surface area (Å²) < 4.78 is 10.5. The summed E-state index contributed by atoms with van der Waals surface area (Å²) in [5.74, 6) is 0. The fraction of sp³-hybridized carbons (Fsp3) is 1.00. The molecule has 0 unspecified atom stereocenters. The van der Waals surface area contributed by atoms with Crippen LogP contribution in [0, 0.1) is 0 Å². The van der Waals surface area contributed by atoms with Gasteiger partial charge in [0.25, 0.3) is 0 Å². The minimum absolute atomic E-state index is 0.0429. The molecule has 1 fully saturated rings. The lowest BCUT2D eigenvalue weighted by molar-refractivity contribution is -0.0659. The molecular weight excluding hydrogens is 156 g/mol. The van der Waals surface area contributed by atoms with E-state index in [-0.39, 0.29) is 24.3 Å². The van der Waals surface area contributed by atoms with Crippen LogP contribution in [0.3, 0.4) is 0 Å². The van der Waals surface area contributed by atoms with Gasteiger partial charge < -0.3 is 20.9 Å². The summed E-state index contributed by atoms with van der Waals surface area (Å²) >= 11 is 0. The quantitative estimate of drug-likeness (QED) is 0.590. The molecule has 0 aromatic heterocycles. The molecule has 1 rings (SSSR count). The highest BCUT2D eigenvalue weighted by atomic mass is 16.5. The van der Waals surface area contributed by atoms with Crippen molar-refractivity contribution in [1.29, 1.82) is 0 Å². The van der Waals surface area contributed by atoms with Crippen LogP contribution in [0.1, 0.15) is 12.8 Å². The van der Waals surface area contributed by atoms with Crippen molar-refractivity contribution in [2.75, 3.05) is 14.2 Å². The Kier molecular flexibility index (Phi) is 3.46. The lowest BCUT2D eigenvalue weighted by atomic mass is 9.87. The van der Waals surface area contributed by atoms with E-state index in [4.69, 9.17) is 20.9 Å². The van der Waals surface area contributed by atoms with Crippen LogP contribution in [0.4, 0.5) is 0 Å². The first-order valence-corrected chi connectivity index (χ1v) is 4.25. The molecule has 1 saturated carbocycles. The number of ether oxygens (including phenoxy) is 2. The average molecular weight is 174 g/mol. The zero-order valence-electron chi connectivity index (χ0n) is 7.69. The standard InChI is InChI=1S/C8H18N2O2/c1-11-7-3-5(9)6(10)4-8(7)12-2/h5-8H,3-4,9-10H2,1-2H3/t5-,6+,7-,8+. The molecule has 4 nitrogen and oxygen atoms in total. The molecule has 72 valence electrons. The molecule has 4 heteroatoms. The van der Waals surface area contributed by atoms with Crippen molar-refractivity contribution in [2.45, 2.75) is 37.1 Å². The first-order valence-electron chi connectivity index (χ1n) is 4.25. The summed E-state index contributed by atoms with van der Waals surface area (Å²) in [6.45, 7) is 0. The van der Waals surface area contributed by atoms with Crippen molar-refractivity contribution in [3.63, 3.8) is 0 Å². The molecule has 0 amide bonds. The van der Waals surface area contributed by atoms with E-state index < -0.39 is 0 Å². The van der Waals surface area contributed by atoms with Crippen molar-refractivity contribution in [3.8, 4) is 0 Å². The third-order valence-corrected chi connectivity index (χ3v) is 2.58. The summed E-state index contributed by atoms with van der Waals surface area (Å²) in [5.41, 5.74) is 11.6. The van der Waals surface area contributed by atoms with Crippen molar-refractivity contribution >= 4 is 0 Å². The summed E-state index contributed by atoms with van der Waals surface area (Å²) in [5, 5.41) is 0. The van der Waals surface area contributed by atoms with Gasteiger partial charge in [-0.05, 0) is 12.8 Å². The maximum Gasteiger partial charge on any atom is 0.0848 e. The van der Waals surface area contributed by atoms with E-state index in [1.165, 1.54) is 0 Å². The van der Waals surface area contributed by atoms with E-state index in [2.05, 4.69) is 0 Å². The predicted octanol–water partition coefficient (Wildman–Crippen LogP) is -0.535. The number of hydrogen-bond donors (Lipinski definition) is 2. The molecule has 0 bridgehead atoms. The Morgan fingerprint density at radius 3 is 1.50 bits per heavy atom. The van der Waals surface area contributed by atoms with Crippen LogP contribution in [0.5, 0.6) is 0 Å². The Morgan fingerprint density at radius 1 is 0.917 bits per heavy atom. The Hall–Kier alpha value is -0.160. The monoisotopic (exact) mass is 174 g/mol. The minimum Gasteiger partial charge on any atom is -0.379 e. The van der Waals surface area contributed by atoms with Crippen molar-refractivity contribution in [1.82, 2.24) is 0 Å². The smallest absolute Gasteiger partial charge is 0.0848 e. The van der Waals surface area contributed by atoms with Crippen LogP contribution in [-0.2, 0) is 9.47 Å². The largest absolute Gasteiger partial charge is 0.379 e. The second-order valence-corrected chi connectivity index (χ2v) is 3.35. The summed E-state index contributed by atoms with van der Waals surface area (Å²) in [6.07, 6.45) is 1.78. The number of hydrogen-bond acceptors (Lipinski definition) is 4. The zero-order chi connectivity index (χ0) is 9.14. The fourth-order valence-corrected chi connectivity index (χ4v) is 1.69. The lowest BCUT2D eigenvalue weighted by Gasteiger charge is -2.36. The van der Waals surface area contributed by atoms with E-state index in [0.29, 0.717) is 0 Å². The Labute approximate surface area is 73.2 Å². The zero-order valence-corrected chi connectivity index (χ0v) is 7.69. The predicted molar refractivity (Wildman–Crippen MR) is 46.8 cm³/mol. The van der Waals surface area contributed by atoms with E-state index in [1.54, 1.807) is 14.2 Å². The lowest BCUT2D eigenvalue weighted by Crippen LogP contribution is -2.53. The van der Waals surface area contributed by atoms with Crippen molar-refractivity contribution < 1.29 is 9.47 Å². The van der Waals surface area contributed by atoms with Crippen LogP contribution in [0.2, 0.25) is 0 Å². The van der Waals surface area contributed by atoms with Gasteiger partial charge in [-0.1, -0.05) is 0 Å². The first-order chi connectivity index (χ1) is 5.69. The molecule has 4 N–H and O–H groups in total. The number of rotatable bonds is 2. The van der Waals surface area contributed by atoms with Gasteiger partial charge in [-0.15, -0.1) is 0 Å². The molecular formula is C8H18N2O2. The van der Waals surface area contributed by atoms with Crippen LogP contribution in [0.15, 0.2) is 0 Å². The Bertz CT molecular complexity index is 127. The number of methoxy groups -OCH3 is 2. The molecule has 1 aliphatic rings. The van der Waals surface area contributed by atoms with E-state index in [0.717, 1.165) is 12.8 Å². The third-order valence-electron chi connectivity index (χ3n) is 2.58. The van der Waals surface area contributed by atoms with Gasteiger partial charge in [0, 0.05) is 26.3 Å². The van der Waals surface area contributed by atoms with Crippen molar-refractivity contribution in [2.24, 2.45) is 11.5 Å². The number of nitrogens with two attached hydrogens (primary N) is 2. The highest BCUT2D eigenvalue weighted by molar-refractivity contribution is 4.91. The van der Waals surface area contributed by atoms with Crippen molar-refractivity contribution in [3.05, 3.63) is 0 Å². The molecule has 12 heavy (non-hydrogen) atoms. The molecule has 0 radical (unpaired) electrons. The van der Waals surface area contributed by atoms with Gasteiger partial charge >= 0.3 is 0 Å². The van der Waals surface area contributed by atoms with Gasteiger partial charge in [0.2, 0.25) is 0 Å². The normalized spacial score (nSPS) is 43.0. The van der Waals surface area contributed by atoms with E-state index in [9.17, 15) is 0 Å². The Morgan fingerprint density at radius 2 is 1.25 bits per heavy atom. The van der Waals surface area contributed by atoms with Gasteiger partial charge in [0.1, 0.15) is 0 Å². The molecule has 1 aliphatic carbocycles. The van der Waals surface area contributed by atoms with Crippen LogP contribution >= 0.6 is 0 Å². The first kappa shape index (κ1) is 9.92. The SMILES string of the molecule is CO[C@H]1C[C@H](N)[C@H](N)C[C@H]1OC. The molecule has 0 spiro atoms. The second kappa shape index (κ2) is 4.18. The summed E-state index contributed by atoms with van der Waals surface area (Å²) in [7, 11) is 3.36. The highest BCUT2D eigenvalue weighted by Crippen LogP contribution is 2.21. The molecule has 0 heterocycles. The molecule has 4 atom stereocenters. The van der Waals surface area contributed by atoms with Crippen LogP contribution in [-0.4, -0.2) is 38.5 Å². The topological polar surface area (TPSA) is 70.5 Å². The maximum absolute atomic E-state index is 5.80. The highest BCUT2D eigenvalue weighted by Gasteiger charge is 2.33. The van der Waals surface area contributed by atoms with Gasteiger partial charge in [-0.3, -0.25) is 0 Å². The van der Waals surface area contributed by atoms with Gasteiger partial charge in [-0.25, -0.2) is 0 Å². The molecule has 0 aromatic carbocycles. The second-order valence-electron chi connectivity index (χ2n) is 3.35. The van der Waals surface area contributed by atoms with Gasteiger partial charge in [0.15, 0.2) is 0 Å². The minimum atomic E-state index is 0.0429. The average Bonchev–Trinajstić information content (AvgIpc) is 2.09. The fourth-order valence-electron chi connectivity index (χ4n) is 1.69. The molecule has 0 aromatic rings. The van der Waals surface area contributed by atoms with Gasteiger partial charge in [0.05, 0.1) is 12.2 Å². The summed E-state index contributed by atoms with van der Waals surface area (Å²) in [4.78, 5) is 0. The van der Waals surface area contributed by atoms with E-state index in [1.807, 2.05) is 0 Å². The van der Waals surface area contributed by atoms with Gasteiger partial charge in [-0.2, -0.15) is 0 Å². The Balaban J connectivity index is 2.52. The van der Waals surface area contributed by atoms with Crippen LogP contribution in [0.25, 0.3) is 0 Å². The molecule has 0 aliphatic heterocycles. The maximum atomic E-state index is 5.80.